The van der Waals surface area contributed by atoms with Gasteiger partial charge in [0.2, 0.25) is 0 Å². The third-order valence-electron chi connectivity index (χ3n) is 7.56. The van der Waals surface area contributed by atoms with Crippen LogP contribution in [0.2, 0.25) is 0 Å². The van der Waals surface area contributed by atoms with Crippen molar-refractivity contribution in [3.05, 3.63) is 47.2 Å². The van der Waals surface area contributed by atoms with Gasteiger partial charge in [-0.1, -0.05) is 25.5 Å². The smallest absolute Gasteiger partial charge is 0.310 e. The van der Waals surface area contributed by atoms with E-state index in [2.05, 4.69) is 9.97 Å². The van der Waals surface area contributed by atoms with Crippen LogP contribution >= 0.6 is 10.2 Å². The zero-order chi connectivity index (χ0) is 26.7. The van der Waals surface area contributed by atoms with Gasteiger partial charge in [-0.05, 0) is 75.2 Å². The van der Waals surface area contributed by atoms with Gasteiger partial charge in [-0.25, -0.2) is 14.4 Å². The average molecular weight is 550 g/mol. The number of aromatic amines is 1. The monoisotopic (exact) mass is 549 g/mol. The quantitative estimate of drug-likeness (QED) is 0.242. The zero-order valence-electron chi connectivity index (χ0n) is 19.9. The standard InChI is InChI=1S/C24H29F6N5OS/c25-19-12-32-24-22(33-23(34-24)15-1-4-17(36)5-2-15)21(19)14-7-9-35(10-8-14)13-16-3-6-18(11-20(16)31)37(26,27,28,29)30/h3,6,11-12,14-15,17,36H,1-2,4-5,7-10,13,31H2,(H,32,33,34)/t15-,17+. The van der Waals surface area contributed by atoms with Crippen LogP contribution in [0, 0.1) is 5.82 Å². The van der Waals surface area contributed by atoms with E-state index in [4.69, 9.17) is 10.7 Å². The van der Waals surface area contributed by atoms with Crippen molar-refractivity contribution in [3.8, 4) is 0 Å². The fraction of sp³-hybridized carbons (Fsp3) is 0.500. The van der Waals surface area contributed by atoms with Gasteiger partial charge in [-0.3, -0.25) is 4.90 Å². The largest absolute Gasteiger partial charge is 0.398 e. The number of imidazole rings is 1. The first-order valence-electron chi connectivity index (χ1n) is 12.2. The predicted molar refractivity (Wildman–Crippen MR) is 131 cm³/mol. The van der Waals surface area contributed by atoms with Crippen molar-refractivity contribution in [2.45, 2.75) is 67.9 Å². The number of nitrogen functional groups attached to an aromatic ring is 1. The summed E-state index contributed by atoms with van der Waals surface area (Å²) in [5.41, 5.74) is 7.23. The lowest BCUT2D eigenvalue weighted by atomic mass is 9.87. The summed E-state index contributed by atoms with van der Waals surface area (Å²) < 4.78 is 80.3. The number of anilines is 1. The molecule has 0 bridgehead atoms. The highest BCUT2D eigenvalue weighted by Crippen LogP contribution is 3.02. The van der Waals surface area contributed by atoms with Gasteiger partial charge in [-0.15, -0.1) is 0 Å². The first-order chi connectivity index (χ1) is 17.2. The zero-order valence-corrected chi connectivity index (χ0v) is 20.8. The maximum absolute atomic E-state index is 15.0. The molecule has 6 nitrogen and oxygen atoms in total. The molecule has 1 saturated carbocycles. The SMILES string of the molecule is Nc1cc(S(F)(F)(F)(F)F)ccc1CN1CCC(c2c(F)cnc3[nH]c([C@H]4CC[C@@H](O)CC4)nc23)CC1. The van der Waals surface area contributed by atoms with Gasteiger partial charge < -0.3 is 15.8 Å². The number of fused-ring (bicyclic) bond motifs is 1. The molecule has 3 aromatic rings. The molecule has 13 heteroatoms. The van der Waals surface area contributed by atoms with Crippen molar-refractivity contribution < 1.29 is 28.9 Å². The number of benzene rings is 1. The number of H-pyrrole nitrogens is 1. The Morgan fingerprint density at radius 2 is 1.68 bits per heavy atom. The van der Waals surface area contributed by atoms with Gasteiger partial charge in [0.05, 0.1) is 12.3 Å². The number of nitrogens with one attached hydrogen (secondary N) is 1. The van der Waals surface area contributed by atoms with Crippen molar-refractivity contribution in [2.75, 3.05) is 18.8 Å². The minimum Gasteiger partial charge on any atom is -0.398 e. The van der Waals surface area contributed by atoms with E-state index in [0.717, 1.165) is 24.7 Å². The molecule has 5 rings (SSSR count). The van der Waals surface area contributed by atoms with E-state index >= 15 is 0 Å². The Labute approximate surface area is 210 Å². The molecule has 4 N–H and O–H groups in total. The number of likely N-dealkylation sites (tertiary alicyclic amines) is 1. The molecule has 2 aliphatic rings. The van der Waals surface area contributed by atoms with Crippen LogP contribution in [0.25, 0.3) is 11.2 Å². The lowest BCUT2D eigenvalue weighted by Crippen LogP contribution is -2.33. The van der Waals surface area contributed by atoms with E-state index in [0.29, 0.717) is 73.2 Å². The number of pyridine rings is 1. The molecule has 204 valence electrons. The third kappa shape index (κ3) is 5.53. The first-order valence-corrected chi connectivity index (χ1v) is 14.2. The molecular weight excluding hydrogens is 520 g/mol. The lowest BCUT2D eigenvalue weighted by Gasteiger charge is -2.40. The molecule has 0 radical (unpaired) electrons. The van der Waals surface area contributed by atoms with Crippen molar-refractivity contribution in [2.24, 2.45) is 0 Å². The number of aromatic nitrogens is 3. The Bertz CT molecular complexity index is 1320. The van der Waals surface area contributed by atoms with Gasteiger partial charge in [0.1, 0.15) is 22.1 Å². The molecule has 1 aliphatic carbocycles. The highest BCUT2D eigenvalue weighted by molar-refractivity contribution is 8.45. The highest BCUT2D eigenvalue weighted by Gasteiger charge is 2.65. The van der Waals surface area contributed by atoms with Crippen molar-refractivity contribution in [1.82, 2.24) is 19.9 Å². The van der Waals surface area contributed by atoms with E-state index in [-0.39, 0.29) is 30.2 Å². The average Bonchev–Trinajstić information content (AvgIpc) is 3.24. The summed E-state index contributed by atoms with van der Waals surface area (Å²) in [6, 6.07) is 1.68. The first kappa shape index (κ1) is 26.1. The van der Waals surface area contributed by atoms with Gasteiger partial charge in [-0.2, -0.15) is 0 Å². The normalized spacial score (nSPS) is 24.2. The van der Waals surface area contributed by atoms with Crippen molar-refractivity contribution in [1.29, 1.82) is 0 Å². The Morgan fingerprint density at radius 1 is 1.00 bits per heavy atom. The molecular formula is C24H29F6N5OS. The van der Waals surface area contributed by atoms with Gasteiger partial charge in [0, 0.05) is 23.7 Å². The summed E-state index contributed by atoms with van der Waals surface area (Å²) in [5, 5.41) is 9.78. The molecule has 3 heterocycles. The molecule has 1 aromatic carbocycles. The van der Waals surface area contributed by atoms with Crippen LogP contribution < -0.4 is 5.73 Å². The second-order valence-electron chi connectivity index (χ2n) is 10.2. The minimum absolute atomic E-state index is 0.126. The number of nitrogens with two attached hydrogens (primary N) is 1. The molecule has 0 spiro atoms. The van der Waals surface area contributed by atoms with E-state index in [1.165, 1.54) is 6.20 Å². The predicted octanol–water partition coefficient (Wildman–Crippen LogP) is 6.73. The number of nitrogens with zero attached hydrogens (tertiary/aromatic N) is 3. The highest BCUT2D eigenvalue weighted by atomic mass is 32.5. The fourth-order valence-corrected chi connectivity index (χ4v) is 6.15. The number of aliphatic hydroxyl groups excluding tert-OH is 1. The van der Waals surface area contributed by atoms with Crippen LogP contribution in [0.3, 0.4) is 0 Å². The van der Waals surface area contributed by atoms with Gasteiger partial charge in [0.15, 0.2) is 5.65 Å². The van der Waals surface area contributed by atoms with Crippen LogP contribution in [0.4, 0.5) is 29.5 Å². The molecule has 1 aliphatic heterocycles. The second-order valence-corrected chi connectivity index (χ2v) is 12.6. The summed E-state index contributed by atoms with van der Waals surface area (Å²) in [4.78, 5) is 12.1. The second kappa shape index (κ2) is 8.50. The number of hydrogen-bond acceptors (Lipinski definition) is 5. The van der Waals surface area contributed by atoms with E-state index in [1.54, 1.807) is 0 Å². The van der Waals surface area contributed by atoms with E-state index < -0.39 is 20.9 Å². The summed E-state index contributed by atoms with van der Waals surface area (Å²) in [6.45, 7) is 1.25. The molecule has 0 amide bonds. The van der Waals surface area contributed by atoms with E-state index in [1.807, 2.05) is 4.90 Å². The maximum atomic E-state index is 15.0. The van der Waals surface area contributed by atoms with Crippen LogP contribution in [-0.4, -0.2) is 44.2 Å². The Morgan fingerprint density at radius 3 is 2.30 bits per heavy atom. The molecule has 2 aromatic heterocycles. The van der Waals surface area contributed by atoms with Crippen LogP contribution in [0.5, 0.6) is 0 Å². The van der Waals surface area contributed by atoms with Crippen molar-refractivity contribution in [3.63, 3.8) is 0 Å². The van der Waals surface area contributed by atoms with Crippen LogP contribution in [0.1, 0.15) is 67.3 Å². The topological polar surface area (TPSA) is 91.1 Å². The van der Waals surface area contributed by atoms with Crippen LogP contribution in [0.15, 0.2) is 29.3 Å². The van der Waals surface area contributed by atoms with Crippen LogP contribution in [-0.2, 0) is 6.54 Å². The maximum Gasteiger partial charge on any atom is 0.310 e. The molecule has 0 unspecified atom stereocenters. The third-order valence-corrected chi connectivity index (χ3v) is 8.70. The Balaban J connectivity index is 1.29. The number of piperidine rings is 1. The van der Waals surface area contributed by atoms with Crippen molar-refractivity contribution >= 4 is 27.1 Å². The summed E-state index contributed by atoms with van der Waals surface area (Å²) in [5.74, 6) is 0.355. The Kier molecular flexibility index (Phi) is 6.00. The number of aliphatic hydroxyl groups is 1. The molecule has 37 heavy (non-hydrogen) atoms. The van der Waals surface area contributed by atoms with E-state index in [9.17, 15) is 28.9 Å². The summed E-state index contributed by atoms with van der Waals surface area (Å²) in [6.07, 6.45) is 5.04. The molecule has 0 atom stereocenters. The summed E-state index contributed by atoms with van der Waals surface area (Å²) >= 11 is 0. The minimum atomic E-state index is -9.79. The summed E-state index contributed by atoms with van der Waals surface area (Å²) in [7, 11) is -9.79. The van der Waals surface area contributed by atoms with Gasteiger partial charge in [0.25, 0.3) is 0 Å². The fourth-order valence-electron chi connectivity index (χ4n) is 5.48. The molecule has 1 saturated heterocycles. The molecule has 2 fully saturated rings. The number of rotatable bonds is 5. The lowest BCUT2D eigenvalue weighted by molar-refractivity contribution is 0.121. The number of hydrogen-bond donors (Lipinski definition) is 3. The van der Waals surface area contributed by atoms with Gasteiger partial charge >= 0.3 is 10.2 Å². The number of halogens is 6. The Hall–Kier alpha value is -2.51.